The summed E-state index contributed by atoms with van der Waals surface area (Å²) in [4.78, 5) is 30.8. The van der Waals surface area contributed by atoms with E-state index in [1.54, 1.807) is 19.0 Å². The molecule has 4 aromatic rings. The molecule has 50 heavy (non-hydrogen) atoms. The lowest BCUT2D eigenvalue weighted by molar-refractivity contribution is -0.0559. The van der Waals surface area contributed by atoms with E-state index < -0.39 is 51.7 Å². The fourth-order valence-electron chi connectivity index (χ4n) is 7.52. The highest BCUT2D eigenvalue weighted by molar-refractivity contribution is 7.73. The van der Waals surface area contributed by atoms with Crippen LogP contribution in [0.2, 0.25) is 0 Å². The third-order valence-electron chi connectivity index (χ3n) is 9.71. The van der Waals surface area contributed by atoms with Crippen LogP contribution < -0.4 is 18.9 Å². The molecule has 0 fully saturated rings. The van der Waals surface area contributed by atoms with Crippen LogP contribution in [0.25, 0.3) is 0 Å². The highest BCUT2D eigenvalue weighted by Gasteiger charge is 2.64. The van der Waals surface area contributed by atoms with Crippen molar-refractivity contribution >= 4 is 28.1 Å². The van der Waals surface area contributed by atoms with Gasteiger partial charge in [-0.15, -0.1) is 0 Å². The first-order chi connectivity index (χ1) is 24.0. The molecule has 0 saturated heterocycles. The molecule has 0 radical (unpaired) electrons. The zero-order chi connectivity index (χ0) is 35.3. The molecule has 3 N–H and O–H groups in total. The predicted octanol–water partition coefficient (Wildman–Crippen LogP) is 4.20. The van der Waals surface area contributed by atoms with Crippen LogP contribution in [0.1, 0.15) is 55.6 Å². The van der Waals surface area contributed by atoms with Crippen LogP contribution in [0.5, 0.6) is 17.4 Å². The van der Waals surface area contributed by atoms with Gasteiger partial charge in [-0.1, -0.05) is 60.7 Å². The number of anilines is 1. The van der Waals surface area contributed by atoms with Crippen LogP contribution in [0, 0.1) is 11.8 Å². The Morgan fingerprint density at radius 3 is 2.24 bits per heavy atom. The summed E-state index contributed by atoms with van der Waals surface area (Å²) in [5.74, 6) is -3.79. The number of allylic oxidation sites excluding steroid dienone is 1. The molecule has 0 bridgehead atoms. The van der Waals surface area contributed by atoms with Crippen molar-refractivity contribution in [3.8, 4) is 17.4 Å². The van der Waals surface area contributed by atoms with Crippen molar-refractivity contribution in [1.29, 1.82) is 0 Å². The normalized spacial score (nSPS) is 22.5. The molecule has 0 unspecified atom stereocenters. The number of aliphatic hydroxyl groups is 2. The van der Waals surface area contributed by atoms with Gasteiger partial charge in [0.15, 0.2) is 22.9 Å². The Bertz CT molecular complexity index is 2090. The number of hydrogen-bond donors (Lipinski definition) is 4. The molecule has 0 saturated carbocycles. The monoisotopic (exact) mass is 701 g/mol. The fraction of sp³-hybridized carbons (Fsp3) is 0.306. The summed E-state index contributed by atoms with van der Waals surface area (Å²) in [6.07, 6.45) is 0.260. The van der Waals surface area contributed by atoms with E-state index in [1.165, 1.54) is 13.2 Å². The molecular formula is C36H35N3O10S. The van der Waals surface area contributed by atoms with Crippen molar-refractivity contribution in [1.82, 2.24) is 10.1 Å². The van der Waals surface area contributed by atoms with Crippen LogP contribution >= 0.6 is 0 Å². The number of fused-ring (bicyclic) bond motifs is 4. The zero-order valence-corrected chi connectivity index (χ0v) is 28.3. The first-order valence-electron chi connectivity index (χ1n) is 15.9. The molecule has 0 spiro atoms. The molecule has 260 valence electrons. The second-order valence-corrected chi connectivity index (χ2v) is 13.5. The maximum Gasteiger partial charge on any atom is 0.265 e. The van der Waals surface area contributed by atoms with E-state index in [0.717, 1.165) is 11.1 Å². The Morgan fingerprint density at radius 1 is 1.00 bits per heavy atom. The quantitative estimate of drug-likeness (QED) is 0.174. The van der Waals surface area contributed by atoms with Crippen molar-refractivity contribution in [2.45, 2.75) is 37.7 Å². The van der Waals surface area contributed by atoms with Crippen molar-refractivity contribution in [2.24, 2.45) is 11.8 Å². The van der Waals surface area contributed by atoms with Gasteiger partial charge in [0.2, 0.25) is 16.7 Å². The molecule has 13 nitrogen and oxygen atoms in total. The van der Waals surface area contributed by atoms with E-state index in [0.29, 0.717) is 5.56 Å². The summed E-state index contributed by atoms with van der Waals surface area (Å²) in [5, 5.41) is 28.5. The van der Waals surface area contributed by atoms with Gasteiger partial charge >= 0.3 is 0 Å². The minimum atomic E-state index is -3.18. The molecule has 3 aliphatic rings. The van der Waals surface area contributed by atoms with Crippen molar-refractivity contribution < 1.29 is 47.0 Å². The van der Waals surface area contributed by atoms with Gasteiger partial charge in [0.25, 0.3) is 5.88 Å². The Kier molecular flexibility index (Phi) is 8.62. The maximum absolute atomic E-state index is 14.6. The van der Waals surface area contributed by atoms with Crippen LogP contribution in [-0.4, -0.2) is 67.1 Å². The predicted molar refractivity (Wildman–Crippen MR) is 180 cm³/mol. The number of aromatic nitrogens is 1. The molecular weight excluding hydrogens is 666 g/mol. The number of carbonyl (C=O) groups excluding carboxylic acids is 2. The number of hydrogen-bond acceptors (Lipinski definition) is 12. The van der Waals surface area contributed by atoms with Gasteiger partial charge in [-0.25, -0.2) is 8.42 Å². The molecule has 0 aliphatic heterocycles. The topological polar surface area (TPSA) is 178 Å². The SMILES string of the molecule is COc1cc(N[SH](=O)=O)c(OCc2ccccc2)c2c1C[C@H]1C[C@H]3[C@H](N(C)C)c4onc(OCc5ccccc5)c4C(=O)[C@@]3(O)C(O)=C1C2=O. The van der Waals surface area contributed by atoms with E-state index in [2.05, 4.69) is 9.88 Å². The lowest BCUT2D eigenvalue weighted by Gasteiger charge is -2.49. The second-order valence-electron chi connectivity index (χ2n) is 12.8. The summed E-state index contributed by atoms with van der Waals surface area (Å²) >= 11 is 0. The number of benzene rings is 3. The third kappa shape index (κ3) is 5.39. The third-order valence-corrected chi connectivity index (χ3v) is 10.1. The van der Waals surface area contributed by atoms with Crippen molar-refractivity contribution in [3.05, 3.63) is 112 Å². The second kappa shape index (κ2) is 12.9. The smallest absolute Gasteiger partial charge is 0.265 e. The van der Waals surface area contributed by atoms with Crippen molar-refractivity contribution in [3.63, 3.8) is 0 Å². The highest BCUT2D eigenvalue weighted by atomic mass is 32.2. The van der Waals surface area contributed by atoms with Gasteiger partial charge in [-0.2, -0.15) is 0 Å². The number of ketones is 2. The van der Waals surface area contributed by atoms with Gasteiger partial charge in [0.1, 0.15) is 30.3 Å². The Hall–Kier alpha value is -5.18. The average molecular weight is 702 g/mol. The van der Waals surface area contributed by atoms with E-state index >= 15 is 0 Å². The molecule has 1 heterocycles. The number of methoxy groups -OCH3 is 1. The van der Waals surface area contributed by atoms with Crippen LogP contribution in [0.15, 0.2) is 82.6 Å². The van der Waals surface area contributed by atoms with Crippen LogP contribution in [0.3, 0.4) is 0 Å². The van der Waals surface area contributed by atoms with Crippen LogP contribution in [0.4, 0.5) is 5.69 Å². The van der Waals surface area contributed by atoms with Gasteiger partial charge in [-0.3, -0.25) is 19.2 Å². The minimum Gasteiger partial charge on any atom is -0.508 e. The molecule has 0 amide bonds. The Morgan fingerprint density at radius 2 is 1.64 bits per heavy atom. The first-order valence-corrected chi connectivity index (χ1v) is 17.1. The summed E-state index contributed by atoms with van der Waals surface area (Å²) in [6, 6.07) is 19.0. The Labute approximate surface area is 289 Å². The number of ether oxygens (including phenoxy) is 3. The number of nitrogens with one attached hydrogen (secondary N) is 1. The molecule has 1 aromatic heterocycles. The standard InChI is InChI=1S/C36H35N3O10S/c1-39(2)29-23-15-21-14-22-25(46-3)16-24(38-50(44)45)31(47-17-19-10-6-4-7-11-19)27(22)30(40)26(21)33(41)36(23,43)34(42)28-32(29)49-37-35(28)48-18-20-12-8-5-9-13-20/h4-13,16,21,23,29,41,43,50H,14-15,17-18H2,1-3H3,(H,38,44,45)/t21-,23-,29-,36-/m0/s1. The number of carbonyl (C=O) groups is 2. The summed E-state index contributed by atoms with van der Waals surface area (Å²) < 4.78 is 49.5. The molecule has 3 aromatic carbocycles. The molecule has 4 atom stereocenters. The number of nitrogens with zero attached hydrogens (tertiary/aromatic N) is 2. The summed E-state index contributed by atoms with van der Waals surface area (Å²) in [6.45, 7) is 0.0492. The van der Waals surface area contributed by atoms with Gasteiger partial charge < -0.3 is 28.9 Å². The van der Waals surface area contributed by atoms with Crippen molar-refractivity contribution in [2.75, 3.05) is 25.9 Å². The van der Waals surface area contributed by atoms with E-state index in [4.69, 9.17) is 18.7 Å². The Balaban J connectivity index is 1.35. The van der Waals surface area contributed by atoms with E-state index in [1.807, 2.05) is 60.7 Å². The van der Waals surface area contributed by atoms with E-state index in [9.17, 15) is 28.2 Å². The van der Waals surface area contributed by atoms with Gasteiger partial charge in [0.05, 0.1) is 24.4 Å². The lowest BCUT2D eigenvalue weighted by Crippen LogP contribution is -2.59. The minimum absolute atomic E-state index is 0.0112. The van der Waals surface area contributed by atoms with Gasteiger partial charge in [0, 0.05) is 23.1 Å². The summed E-state index contributed by atoms with van der Waals surface area (Å²) in [7, 11) is 1.73. The van der Waals surface area contributed by atoms with Crippen LogP contribution in [-0.2, 0) is 30.5 Å². The first kappa shape index (κ1) is 33.3. The fourth-order valence-corrected chi connectivity index (χ4v) is 7.88. The maximum atomic E-state index is 14.6. The lowest BCUT2D eigenvalue weighted by atomic mass is 9.58. The molecule has 7 rings (SSSR count). The average Bonchev–Trinajstić information content (AvgIpc) is 3.52. The van der Waals surface area contributed by atoms with Gasteiger partial charge in [-0.05, 0) is 49.1 Å². The highest BCUT2D eigenvalue weighted by Crippen LogP contribution is 2.57. The number of Topliss-reactive ketones (excluding diaryl/α,β-unsaturated/α-hetero) is 2. The molecule has 3 aliphatic carbocycles. The number of thiol groups is 1. The molecule has 14 heteroatoms. The largest absolute Gasteiger partial charge is 0.508 e. The number of aliphatic hydroxyl groups excluding tert-OH is 1. The van der Waals surface area contributed by atoms with E-state index in [-0.39, 0.29) is 71.6 Å². The number of rotatable bonds is 10. The zero-order valence-electron chi connectivity index (χ0n) is 27.4. The summed E-state index contributed by atoms with van der Waals surface area (Å²) in [5.41, 5.74) is -0.894.